The molecule has 0 bridgehead atoms. The van der Waals surface area contributed by atoms with Gasteiger partial charge in [-0.15, -0.1) is 0 Å². The maximum Gasteiger partial charge on any atom is 0.269 e. The Morgan fingerprint density at radius 2 is 1.93 bits per heavy atom. The molecule has 142 valence electrons. The number of piperazine rings is 1. The number of carbonyl (C=O) groups excluding carboxylic acids is 1. The highest BCUT2D eigenvalue weighted by Crippen LogP contribution is 2.22. The number of nitro groups is 1. The monoisotopic (exact) mass is 370 g/mol. The third kappa shape index (κ3) is 4.73. The van der Waals surface area contributed by atoms with Gasteiger partial charge in [-0.2, -0.15) is 0 Å². The Balaban J connectivity index is 1.52. The molecule has 8 heteroatoms. The first-order chi connectivity index (χ1) is 12.9. The van der Waals surface area contributed by atoms with E-state index in [0.29, 0.717) is 11.3 Å². The highest BCUT2D eigenvalue weighted by atomic mass is 16.6. The van der Waals surface area contributed by atoms with Gasteiger partial charge in [-0.3, -0.25) is 19.8 Å². The van der Waals surface area contributed by atoms with Gasteiger partial charge in [-0.05, 0) is 30.7 Å². The molecule has 0 aliphatic carbocycles. The number of hydrogen-bond acceptors (Lipinski definition) is 6. The number of aromatic hydroxyl groups is 1. The number of non-ortho nitro benzene ring substituents is 1. The predicted octanol–water partition coefficient (Wildman–Crippen LogP) is 2.37. The third-order valence-corrected chi connectivity index (χ3v) is 4.63. The maximum absolute atomic E-state index is 12.3. The molecule has 1 amide bonds. The normalized spacial score (nSPS) is 14.8. The minimum atomic E-state index is -0.454. The number of anilines is 2. The van der Waals surface area contributed by atoms with Crippen molar-refractivity contribution >= 4 is 23.0 Å². The number of nitro benzene ring substituents is 1. The van der Waals surface area contributed by atoms with Gasteiger partial charge in [0.2, 0.25) is 5.91 Å². The van der Waals surface area contributed by atoms with Crippen LogP contribution in [0.5, 0.6) is 5.75 Å². The minimum Gasteiger partial charge on any atom is -0.508 e. The number of rotatable bonds is 5. The van der Waals surface area contributed by atoms with Crippen LogP contribution in [-0.4, -0.2) is 53.6 Å². The second kappa shape index (κ2) is 8.05. The van der Waals surface area contributed by atoms with Crippen LogP contribution in [0.2, 0.25) is 0 Å². The zero-order valence-electron chi connectivity index (χ0n) is 15.1. The van der Waals surface area contributed by atoms with Gasteiger partial charge in [0.15, 0.2) is 0 Å². The lowest BCUT2D eigenvalue weighted by atomic mass is 10.2. The molecule has 1 fully saturated rings. The number of nitrogens with zero attached hydrogens (tertiary/aromatic N) is 3. The van der Waals surface area contributed by atoms with Crippen LogP contribution >= 0.6 is 0 Å². The molecule has 1 aliphatic heterocycles. The molecule has 27 heavy (non-hydrogen) atoms. The summed E-state index contributed by atoms with van der Waals surface area (Å²) in [6.45, 7) is 5.02. The molecule has 2 N–H and O–H groups in total. The molecule has 0 saturated carbocycles. The van der Waals surface area contributed by atoms with Crippen LogP contribution in [0.15, 0.2) is 42.5 Å². The van der Waals surface area contributed by atoms with E-state index < -0.39 is 4.92 Å². The van der Waals surface area contributed by atoms with Crippen molar-refractivity contribution in [3.8, 4) is 5.75 Å². The lowest BCUT2D eigenvalue weighted by molar-refractivity contribution is -0.384. The Labute approximate surface area is 157 Å². The second-order valence-electron chi connectivity index (χ2n) is 6.59. The van der Waals surface area contributed by atoms with Crippen molar-refractivity contribution < 1.29 is 14.8 Å². The van der Waals surface area contributed by atoms with E-state index >= 15 is 0 Å². The molecule has 2 aromatic rings. The smallest absolute Gasteiger partial charge is 0.269 e. The summed E-state index contributed by atoms with van der Waals surface area (Å²) in [5, 5.41) is 23.2. The second-order valence-corrected chi connectivity index (χ2v) is 6.59. The van der Waals surface area contributed by atoms with E-state index in [4.69, 9.17) is 0 Å². The van der Waals surface area contributed by atoms with Gasteiger partial charge in [-0.1, -0.05) is 6.07 Å². The first kappa shape index (κ1) is 18.7. The Bertz CT molecular complexity index is 847. The average Bonchev–Trinajstić information content (AvgIpc) is 2.64. The molecule has 0 aromatic heterocycles. The molecule has 0 unspecified atom stereocenters. The highest BCUT2D eigenvalue weighted by Gasteiger charge is 2.20. The van der Waals surface area contributed by atoms with Gasteiger partial charge in [0.05, 0.1) is 11.5 Å². The first-order valence-electron chi connectivity index (χ1n) is 8.73. The molecule has 1 aliphatic rings. The lowest BCUT2D eigenvalue weighted by Gasteiger charge is -2.35. The van der Waals surface area contributed by atoms with E-state index in [2.05, 4.69) is 15.1 Å². The molecule has 2 aromatic carbocycles. The number of phenolic OH excluding ortho intramolecular Hbond substituents is 1. The molecular weight excluding hydrogens is 348 g/mol. The Kier molecular flexibility index (Phi) is 5.56. The summed E-state index contributed by atoms with van der Waals surface area (Å²) >= 11 is 0. The van der Waals surface area contributed by atoms with Gasteiger partial charge in [-0.25, -0.2) is 0 Å². The highest BCUT2D eigenvalue weighted by molar-refractivity contribution is 5.93. The Morgan fingerprint density at radius 3 is 2.56 bits per heavy atom. The molecule has 1 heterocycles. The number of hydrogen-bond donors (Lipinski definition) is 2. The van der Waals surface area contributed by atoms with E-state index in [0.717, 1.165) is 31.9 Å². The summed E-state index contributed by atoms with van der Waals surface area (Å²) in [5.74, 6) is 0.102. The Hall–Kier alpha value is -3.13. The SMILES string of the molecule is Cc1cc([N+](=O)[O-])ccc1NC(=O)CN1CCN(c2cccc(O)c2)CC1. The van der Waals surface area contributed by atoms with Gasteiger partial charge in [0.25, 0.3) is 5.69 Å². The van der Waals surface area contributed by atoms with Gasteiger partial charge < -0.3 is 15.3 Å². The van der Waals surface area contributed by atoms with Crippen molar-refractivity contribution in [1.29, 1.82) is 0 Å². The maximum atomic E-state index is 12.3. The van der Waals surface area contributed by atoms with Crippen LogP contribution in [0.3, 0.4) is 0 Å². The summed E-state index contributed by atoms with van der Waals surface area (Å²) in [6.07, 6.45) is 0. The predicted molar refractivity (Wildman–Crippen MR) is 103 cm³/mol. The molecular formula is C19H22N4O4. The molecule has 0 atom stereocenters. The van der Waals surface area contributed by atoms with Gasteiger partial charge in [0.1, 0.15) is 5.75 Å². The van der Waals surface area contributed by atoms with Crippen LogP contribution in [0.1, 0.15) is 5.56 Å². The van der Waals surface area contributed by atoms with Crippen LogP contribution < -0.4 is 10.2 Å². The van der Waals surface area contributed by atoms with Crippen LogP contribution in [0.25, 0.3) is 0 Å². The zero-order chi connectivity index (χ0) is 19.4. The van der Waals surface area contributed by atoms with E-state index in [1.54, 1.807) is 25.1 Å². The number of aryl methyl sites for hydroxylation is 1. The van der Waals surface area contributed by atoms with E-state index in [1.165, 1.54) is 12.1 Å². The summed E-state index contributed by atoms with van der Waals surface area (Å²) in [4.78, 5) is 26.9. The first-order valence-corrected chi connectivity index (χ1v) is 8.73. The number of amides is 1. The Morgan fingerprint density at radius 1 is 1.19 bits per heavy atom. The van der Waals surface area contributed by atoms with Crippen molar-refractivity contribution in [1.82, 2.24) is 4.90 Å². The van der Waals surface area contributed by atoms with Crippen molar-refractivity contribution in [3.05, 3.63) is 58.1 Å². The third-order valence-electron chi connectivity index (χ3n) is 4.63. The summed E-state index contributed by atoms with van der Waals surface area (Å²) in [5.41, 5.74) is 2.23. The quantitative estimate of drug-likeness (QED) is 0.619. The average molecular weight is 370 g/mol. The molecule has 8 nitrogen and oxygen atoms in total. The van der Waals surface area contributed by atoms with Crippen LogP contribution in [0, 0.1) is 17.0 Å². The van der Waals surface area contributed by atoms with Crippen molar-refractivity contribution in [2.45, 2.75) is 6.92 Å². The van der Waals surface area contributed by atoms with E-state index in [1.807, 2.05) is 12.1 Å². The fourth-order valence-corrected chi connectivity index (χ4v) is 3.15. The van der Waals surface area contributed by atoms with E-state index in [-0.39, 0.29) is 23.9 Å². The van der Waals surface area contributed by atoms with Crippen molar-refractivity contribution in [3.63, 3.8) is 0 Å². The topological polar surface area (TPSA) is 99.0 Å². The lowest BCUT2D eigenvalue weighted by Crippen LogP contribution is -2.48. The van der Waals surface area contributed by atoms with Crippen molar-refractivity contribution in [2.24, 2.45) is 0 Å². The van der Waals surface area contributed by atoms with Gasteiger partial charge >= 0.3 is 0 Å². The number of nitrogens with one attached hydrogen (secondary N) is 1. The summed E-state index contributed by atoms with van der Waals surface area (Å²) < 4.78 is 0. The van der Waals surface area contributed by atoms with E-state index in [9.17, 15) is 20.0 Å². The molecule has 1 saturated heterocycles. The van der Waals surface area contributed by atoms with Crippen molar-refractivity contribution in [2.75, 3.05) is 42.9 Å². The summed E-state index contributed by atoms with van der Waals surface area (Å²) in [7, 11) is 0. The number of benzene rings is 2. The number of phenols is 1. The van der Waals surface area contributed by atoms with Crippen LogP contribution in [0.4, 0.5) is 17.1 Å². The van der Waals surface area contributed by atoms with Gasteiger partial charge in [0, 0.05) is 55.8 Å². The standard InChI is InChI=1S/C19H22N4O4/c1-14-11-16(23(26)27)5-6-18(14)20-19(25)13-21-7-9-22(10-8-21)15-3-2-4-17(24)12-15/h2-6,11-12,24H,7-10,13H2,1H3,(H,20,25). The minimum absolute atomic E-state index is 0.00793. The summed E-state index contributed by atoms with van der Waals surface area (Å²) in [6, 6.07) is 11.5. The van der Waals surface area contributed by atoms with Crippen LogP contribution in [-0.2, 0) is 4.79 Å². The molecule has 3 rings (SSSR count). The zero-order valence-corrected chi connectivity index (χ0v) is 15.1. The molecule has 0 spiro atoms. The fourth-order valence-electron chi connectivity index (χ4n) is 3.15. The molecule has 0 radical (unpaired) electrons. The fraction of sp³-hybridized carbons (Fsp3) is 0.316. The largest absolute Gasteiger partial charge is 0.508 e. The number of carbonyl (C=O) groups is 1.